The molecule has 1 aliphatic rings. The van der Waals surface area contributed by atoms with Gasteiger partial charge < -0.3 is 14.9 Å². The molecule has 1 aliphatic heterocycles. The van der Waals surface area contributed by atoms with E-state index in [0.717, 1.165) is 29.9 Å². The number of phenolic OH excluding ortho intramolecular Hbond substituents is 1. The number of phenols is 1. The van der Waals surface area contributed by atoms with Crippen LogP contribution in [0.3, 0.4) is 0 Å². The molecule has 1 amide bonds. The van der Waals surface area contributed by atoms with Gasteiger partial charge in [0.1, 0.15) is 11.8 Å². The van der Waals surface area contributed by atoms with Gasteiger partial charge in [0.05, 0.1) is 6.20 Å². The molecule has 2 heterocycles. The Morgan fingerprint density at radius 2 is 1.36 bits per heavy atom. The lowest BCUT2D eigenvalue weighted by Crippen LogP contribution is -2.48. The molecule has 5 rings (SSSR count). The summed E-state index contributed by atoms with van der Waals surface area (Å²) in [6, 6.07) is 27.2. The summed E-state index contributed by atoms with van der Waals surface area (Å²) in [4.78, 5) is 17.2. The molecule has 0 atom stereocenters. The van der Waals surface area contributed by atoms with Crippen LogP contribution in [0.25, 0.3) is 0 Å². The second-order valence-electron chi connectivity index (χ2n) is 8.10. The highest BCUT2D eigenvalue weighted by molar-refractivity contribution is 5.92. The van der Waals surface area contributed by atoms with Crippen molar-refractivity contribution >= 4 is 11.6 Å². The van der Waals surface area contributed by atoms with Crippen molar-refractivity contribution in [2.45, 2.75) is 6.04 Å². The number of hydrogen-bond acceptors (Lipinski definition) is 5. The third-order valence-corrected chi connectivity index (χ3v) is 6.01. The van der Waals surface area contributed by atoms with E-state index in [2.05, 4.69) is 39.5 Å². The topological polar surface area (TPSA) is 74.5 Å². The quantitative estimate of drug-likeness (QED) is 0.515. The fourth-order valence-corrected chi connectivity index (χ4v) is 4.26. The van der Waals surface area contributed by atoms with Gasteiger partial charge >= 0.3 is 0 Å². The third-order valence-electron chi connectivity index (χ3n) is 6.01. The number of carbonyl (C=O) groups excluding carboxylic acids is 1. The van der Waals surface area contributed by atoms with E-state index >= 15 is 0 Å². The van der Waals surface area contributed by atoms with Gasteiger partial charge in [-0.05, 0) is 35.4 Å². The van der Waals surface area contributed by atoms with Crippen LogP contribution < -0.4 is 4.90 Å². The van der Waals surface area contributed by atoms with Crippen LogP contribution in [0, 0.1) is 0 Å². The molecular formula is C26H25N5O2. The van der Waals surface area contributed by atoms with Crippen molar-refractivity contribution in [1.82, 2.24) is 19.9 Å². The van der Waals surface area contributed by atoms with Gasteiger partial charge in [-0.15, -0.1) is 5.10 Å². The van der Waals surface area contributed by atoms with Gasteiger partial charge in [-0.25, -0.2) is 4.68 Å². The molecule has 0 saturated carbocycles. The molecule has 0 unspecified atom stereocenters. The van der Waals surface area contributed by atoms with Crippen LogP contribution in [-0.2, 0) is 0 Å². The number of hydrogen-bond donors (Lipinski definition) is 1. The summed E-state index contributed by atoms with van der Waals surface area (Å²) in [5.41, 5.74) is 3.55. The predicted molar refractivity (Wildman–Crippen MR) is 126 cm³/mol. The normalized spacial score (nSPS) is 14.0. The number of amides is 1. The van der Waals surface area contributed by atoms with Crippen molar-refractivity contribution in [1.29, 1.82) is 0 Å². The SMILES string of the molecule is O=C(c1cn(C(c2ccccc2)c2ccccc2)nn1)N1CCN(c2ccc(O)cc2)CC1. The maximum Gasteiger partial charge on any atom is 0.276 e. The molecule has 7 nitrogen and oxygen atoms in total. The number of nitrogens with zero attached hydrogens (tertiary/aromatic N) is 5. The molecule has 3 aromatic carbocycles. The standard InChI is InChI=1S/C26H25N5O2/c32-23-13-11-22(12-14-23)29-15-17-30(18-16-29)26(33)24-19-31(28-27-24)25(20-7-3-1-4-8-20)21-9-5-2-6-10-21/h1-14,19,25,32H,15-18H2. The van der Waals surface area contributed by atoms with E-state index in [0.29, 0.717) is 18.8 Å². The van der Waals surface area contributed by atoms with Crippen LogP contribution in [0.1, 0.15) is 27.7 Å². The van der Waals surface area contributed by atoms with Crippen LogP contribution in [0.15, 0.2) is 91.1 Å². The average Bonchev–Trinajstić information content (AvgIpc) is 3.35. The lowest BCUT2D eigenvalue weighted by Gasteiger charge is -2.35. The monoisotopic (exact) mass is 439 g/mol. The maximum atomic E-state index is 13.2. The van der Waals surface area contributed by atoms with Gasteiger partial charge in [0.2, 0.25) is 0 Å². The summed E-state index contributed by atoms with van der Waals surface area (Å²) in [6.45, 7) is 2.66. The zero-order valence-electron chi connectivity index (χ0n) is 18.2. The first-order valence-corrected chi connectivity index (χ1v) is 11.0. The van der Waals surface area contributed by atoms with Crippen molar-refractivity contribution in [3.63, 3.8) is 0 Å². The zero-order chi connectivity index (χ0) is 22.6. The fraction of sp³-hybridized carbons (Fsp3) is 0.192. The van der Waals surface area contributed by atoms with Gasteiger partial charge in [-0.3, -0.25) is 4.79 Å². The van der Waals surface area contributed by atoms with E-state index in [1.165, 1.54) is 0 Å². The summed E-state index contributed by atoms with van der Waals surface area (Å²) < 4.78 is 1.77. The second-order valence-corrected chi connectivity index (χ2v) is 8.10. The van der Waals surface area contributed by atoms with Crippen LogP contribution >= 0.6 is 0 Å². The smallest absolute Gasteiger partial charge is 0.276 e. The molecule has 7 heteroatoms. The summed E-state index contributed by atoms with van der Waals surface area (Å²) in [6.07, 6.45) is 1.75. The van der Waals surface area contributed by atoms with Crippen molar-refractivity contribution < 1.29 is 9.90 Å². The second kappa shape index (κ2) is 9.16. The van der Waals surface area contributed by atoms with E-state index in [4.69, 9.17) is 0 Å². The Labute approximate surface area is 192 Å². The number of aromatic nitrogens is 3. The van der Waals surface area contributed by atoms with Gasteiger partial charge in [0.15, 0.2) is 5.69 Å². The van der Waals surface area contributed by atoms with Crippen molar-refractivity contribution in [3.8, 4) is 5.75 Å². The van der Waals surface area contributed by atoms with Crippen LogP contribution in [0.5, 0.6) is 5.75 Å². The van der Waals surface area contributed by atoms with E-state index in [1.807, 2.05) is 53.4 Å². The van der Waals surface area contributed by atoms with Gasteiger partial charge in [0, 0.05) is 31.9 Å². The highest BCUT2D eigenvalue weighted by Gasteiger charge is 2.26. The molecule has 33 heavy (non-hydrogen) atoms. The molecular weight excluding hydrogens is 414 g/mol. The Morgan fingerprint density at radius 3 is 1.94 bits per heavy atom. The molecule has 1 N–H and O–H groups in total. The molecule has 0 aliphatic carbocycles. The number of carbonyl (C=O) groups is 1. The first-order valence-electron chi connectivity index (χ1n) is 11.0. The predicted octanol–water partition coefficient (Wildman–Crippen LogP) is 3.58. The largest absolute Gasteiger partial charge is 0.508 e. The van der Waals surface area contributed by atoms with Crippen LogP contribution in [-0.4, -0.2) is 57.1 Å². The number of anilines is 1. The molecule has 0 spiro atoms. The minimum absolute atomic E-state index is 0.105. The van der Waals surface area contributed by atoms with E-state index < -0.39 is 0 Å². The van der Waals surface area contributed by atoms with Crippen LogP contribution in [0.2, 0.25) is 0 Å². The zero-order valence-corrected chi connectivity index (χ0v) is 18.2. The highest BCUT2D eigenvalue weighted by atomic mass is 16.3. The van der Waals surface area contributed by atoms with Gasteiger partial charge in [-0.1, -0.05) is 65.9 Å². The molecule has 0 bridgehead atoms. The van der Waals surface area contributed by atoms with E-state index in [1.54, 1.807) is 23.0 Å². The highest BCUT2D eigenvalue weighted by Crippen LogP contribution is 2.26. The molecule has 4 aromatic rings. The minimum atomic E-state index is -0.159. The maximum absolute atomic E-state index is 13.2. The Morgan fingerprint density at radius 1 is 0.788 bits per heavy atom. The van der Waals surface area contributed by atoms with Gasteiger partial charge in [0.25, 0.3) is 5.91 Å². The molecule has 1 saturated heterocycles. The van der Waals surface area contributed by atoms with Crippen molar-refractivity contribution in [2.75, 3.05) is 31.1 Å². The number of rotatable bonds is 5. The molecule has 166 valence electrons. The fourth-order valence-electron chi connectivity index (χ4n) is 4.26. The number of piperazine rings is 1. The van der Waals surface area contributed by atoms with E-state index in [9.17, 15) is 9.90 Å². The van der Waals surface area contributed by atoms with Crippen LogP contribution in [0.4, 0.5) is 5.69 Å². The van der Waals surface area contributed by atoms with Gasteiger partial charge in [-0.2, -0.15) is 0 Å². The number of aromatic hydroxyl groups is 1. The Bertz CT molecular complexity index is 1160. The Kier molecular flexibility index (Phi) is 5.76. The third kappa shape index (κ3) is 4.43. The summed E-state index contributed by atoms with van der Waals surface area (Å²) in [5, 5.41) is 18.1. The molecule has 0 radical (unpaired) electrons. The first-order chi connectivity index (χ1) is 16.2. The Balaban J connectivity index is 1.32. The minimum Gasteiger partial charge on any atom is -0.508 e. The lowest BCUT2D eigenvalue weighted by atomic mass is 9.99. The number of benzene rings is 3. The van der Waals surface area contributed by atoms with Crippen molar-refractivity contribution in [3.05, 3.63) is 108 Å². The van der Waals surface area contributed by atoms with E-state index in [-0.39, 0.29) is 17.7 Å². The summed E-state index contributed by atoms with van der Waals surface area (Å²) in [5.74, 6) is 0.145. The molecule has 1 fully saturated rings. The first kappa shape index (κ1) is 20.8. The van der Waals surface area contributed by atoms with Crippen molar-refractivity contribution in [2.24, 2.45) is 0 Å². The summed E-state index contributed by atoms with van der Waals surface area (Å²) in [7, 11) is 0. The molecule has 1 aromatic heterocycles. The summed E-state index contributed by atoms with van der Waals surface area (Å²) >= 11 is 0. The Hall–Kier alpha value is -4.13. The lowest BCUT2D eigenvalue weighted by molar-refractivity contribution is 0.0740. The average molecular weight is 440 g/mol.